The van der Waals surface area contributed by atoms with Crippen molar-refractivity contribution in [1.82, 2.24) is 24.7 Å². The highest BCUT2D eigenvalue weighted by molar-refractivity contribution is 7.99. The molecule has 76 heavy (non-hydrogen) atoms. The van der Waals surface area contributed by atoms with Crippen LogP contribution in [0.5, 0.6) is 5.75 Å². The highest BCUT2D eigenvalue weighted by Gasteiger charge is 2.33. The van der Waals surface area contributed by atoms with E-state index in [0.29, 0.717) is 74.6 Å². The number of aromatic nitrogens is 2. The summed E-state index contributed by atoms with van der Waals surface area (Å²) < 4.78 is 96.7. The van der Waals surface area contributed by atoms with Crippen molar-refractivity contribution in [1.29, 1.82) is 0 Å². The van der Waals surface area contributed by atoms with Gasteiger partial charge in [0, 0.05) is 84.9 Å². The molecule has 0 atom stereocenters. The molecule has 0 aliphatic carbocycles. The molecule has 4 heterocycles. The van der Waals surface area contributed by atoms with Gasteiger partial charge in [0.1, 0.15) is 58.3 Å². The van der Waals surface area contributed by atoms with Crippen LogP contribution in [0.3, 0.4) is 0 Å². The van der Waals surface area contributed by atoms with E-state index in [9.17, 15) is 35.6 Å². The van der Waals surface area contributed by atoms with Gasteiger partial charge in [-0.05, 0) is 110 Å². The fourth-order valence-electron chi connectivity index (χ4n) is 8.97. The van der Waals surface area contributed by atoms with Gasteiger partial charge in [0.15, 0.2) is 0 Å². The summed E-state index contributed by atoms with van der Waals surface area (Å²) in [6.07, 6.45) is -1.55. The summed E-state index contributed by atoms with van der Waals surface area (Å²) in [7, 11) is -3.44. The van der Waals surface area contributed by atoms with Gasteiger partial charge >= 0.3 is 12.1 Å². The third-order valence-corrected chi connectivity index (χ3v) is 15.3. The topological polar surface area (TPSA) is 151 Å². The maximum Gasteiger partial charge on any atom is 0.416 e. The van der Waals surface area contributed by atoms with Crippen molar-refractivity contribution in [2.24, 2.45) is 0 Å². The molecule has 0 unspecified atom stereocenters. The molecule has 2 aliphatic rings. The third-order valence-electron chi connectivity index (χ3n) is 13.0. The lowest BCUT2D eigenvalue weighted by Crippen LogP contribution is -2.47. The van der Waals surface area contributed by atoms with Crippen molar-refractivity contribution >= 4 is 78.9 Å². The van der Waals surface area contributed by atoms with Crippen LogP contribution >= 0.6 is 23.4 Å². The van der Waals surface area contributed by atoms with Crippen LogP contribution in [0.1, 0.15) is 36.1 Å². The van der Waals surface area contributed by atoms with Crippen LogP contribution in [-0.2, 0) is 43.5 Å². The second-order valence-corrected chi connectivity index (χ2v) is 22.3. The van der Waals surface area contributed by atoms with E-state index in [-0.39, 0.29) is 50.7 Å². The quantitative estimate of drug-likeness (QED) is 0.0537. The van der Waals surface area contributed by atoms with Crippen molar-refractivity contribution in [2.75, 3.05) is 81.2 Å². The predicted molar refractivity (Wildman–Crippen MR) is 285 cm³/mol. The number of piperazine rings is 1. The van der Waals surface area contributed by atoms with E-state index < -0.39 is 33.5 Å². The normalized spacial score (nSPS) is 14.1. The first-order valence-corrected chi connectivity index (χ1v) is 27.9. The lowest BCUT2D eigenvalue weighted by atomic mass is 10.1. The Morgan fingerprint density at radius 3 is 2.41 bits per heavy atom. The van der Waals surface area contributed by atoms with Crippen molar-refractivity contribution in [2.45, 2.75) is 48.4 Å². The Kier molecular flexibility index (Phi) is 17.1. The van der Waals surface area contributed by atoms with E-state index in [1.54, 1.807) is 48.5 Å². The maximum absolute atomic E-state index is 13.7. The molecule has 1 fully saturated rings. The number of anilines is 4. The molecule has 14 nitrogen and oxygen atoms in total. The molecule has 0 spiro atoms. The average molecular weight is 1100 g/mol. The van der Waals surface area contributed by atoms with Gasteiger partial charge in [0.2, 0.25) is 5.91 Å². The maximum atomic E-state index is 13.7. The van der Waals surface area contributed by atoms with Gasteiger partial charge < -0.3 is 33.9 Å². The van der Waals surface area contributed by atoms with Gasteiger partial charge in [-0.2, -0.15) is 13.2 Å². The Labute approximate surface area is 446 Å². The van der Waals surface area contributed by atoms with Gasteiger partial charge in [-0.15, -0.1) is 0 Å². The zero-order valence-electron chi connectivity index (χ0n) is 41.4. The number of nitrogens with one attached hydrogen (secondary N) is 1. The molecule has 2 aromatic heterocycles. The zero-order valence-corrected chi connectivity index (χ0v) is 43.8. The Morgan fingerprint density at radius 1 is 0.842 bits per heavy atom. The van der Waals surface area contributed by atoms with E-state index >= 15 is 0 Å². The molecule has 0 radical (unpaired) electrons. The molecule has 398 valence electrons. The second kappa shape index (κ2) is 24.1. The first-order valence-electron chi connectivity index (χ1n) is 24.6. The summed E-state index contributed by atoms with van der Waals surface area (Å²) in [5, 5.41) is 4.30. The van der Waals surface area contributed by atoms with Gasteiger partial charge in [-0.3, -0.25) is 14.5 Å². The van der Waals surface area contributed by atoms with Crippen molar-refractivity contribution in [3.05, 3.63) is 149 Å². The van der Waals surface area contributed by atoms with Crippen LogP contribution in [0.2, 0.25) is 5.02 Å². The van der Waals surface area contributed by atoms with E-state index in [1.807, 2.05) is 47.4 Å². The van der Waals surface area contributed by atoms with Gasteiger partial charge in [-0.25, -0.2) is 22.8 Å². The Bertz CT molecular complexity index is 3320. The number of hydrogen-bond donors (Lipinski definition) is 1. The standard InChI is InChI=1S/C55H54ClF4N7O7S2/c1-76(70,71)29-27-66(34-42-13-16-48(74-42)38-10-14-45-43(31-38)54(62-36-61-45)63-41-12-15-49(44(56)33-41)73-35-37-6-4-7-40(57)30-37)52(68)18-19-53(69)72-28-26-65-24-22-64(23-25-65)20-5-21-67-46-8-2-3-9-50(46)75-51-17-11-39(32-47(51)67)55(58,59)60/h2-4,6-17,30-33,36H,5,18-29,34-35H2,1H3,(H,61,62,63). The Morgan fingerprint density at radius 2 is 1.63 bits per heavy atom. The second-order valence-electron chi connectivity index (χ2n) is 18.5. The molecular weight excluding hydrogens is 1050 g/mol. The largest absolute Gasteiger partial charge is 0.487 e. The average Bonchev–Trinajstić information content (AvgIpc) is 3.87. The summed E-state index contributed by atoms with van der Waals surface area (Å²) in [5.74, 6) is 0.180. The molecule has 21 heteroatoms. The molecule has 0 saturated carbocycles. The number of hydrogen-bond acceptors (Lipinski definition) is 14. The van der Waals surface area contributed by atoms with Crippen molar-refractivity contribution < 1.29 is 49.5 Å². The fourth-order valence-corrected chi connectivity index (χ4v) is 10.8. The number of carbonyl (C=O) groups is 2. The van der Waals surface area contributed by atoms with Gasteiger partial charge in [0.05, 0.1) is 46.2 Å². The molecule has 7 aromatic rings. The minimum atomic E-state index is -4.44. The fraction of sp³-hybridized carbons (Fsp3) is 0.309. The number of alkyl halides is 3. The van der Waals surface area contributed by atoms with Crippen LogP contribution in [0.4, 0.5) is 40.4 Å². The monoisotopic (exact) mass is 1100 g/mol. The minimum absolute atomic E-state index is 0.0380. The van der Waals surface area contributed by atoms with E-state index in [1.165, 1.54) is 41.2 Å². The van der Waals surface area contributed by atoms with Crippen molar-refractivity contribution in [3.63, 3.8) is 0 Å². The van der Waals surface area contributed by atoms with E-state index in [4.69, 9.17) is 25.5 Å². The number of sulfone groups is 1. The first-order chi connectivity index (χ1) is 36.5. The number of ether oxygens (including phenoxy) is 2. The molecule has 5 aromatic carbocycles. The van der Waals surface area contributed by atoms with Gasteiger partial charge in [-0.1, -0.05) is 47.6 Å². The lowest BCUT2D eigenvalue weighted by molar-refractivity contribution is -0.146. The summed E-state index contributed by atoms with van der Waals surface area (Å²) in [6.45, 7) is 5.03. The first kappa shape index (κ1) is 54.1. The zero-order chi connectivity index (χ0) is 53.4. The highest BCUT2D eigenvalue weighted by Crippen LogP contribution is 2.49. The van der Waals surface area contributed by atoms with E-state index in [0.717, 1.165) is 66.9 Å². The van der Waals surface area contributed by atoms with E-state index in [2.05, 4.69) is 25.1 Å². The van der Waals surface area contributed by atoms with Gasteiger partial charge in [0.25, 0.3) is 0 Å². The Hall–Kier alpha value is -6.71. The Balaban J connectivity index is 0.733. The number of halogens is 5. The van der Waals surface area contributed by atoms with Crippen LogP contribution in [0.25, 0.3) is 22.2 Å². The number of nitrogens with zero attached hydrogens (tertiary/aromatic N) is 6. The number of amides is 1. The number of para-hydroxylation sites is 1. The third kappa shape index (κ3) is 14.2. The lowest BCUT2D eigenvalue weighted by Gasteiger charge is -2.36. The number of carbonyl (C=O) groups excluding carboxylic acids is 2. The number of fused-ring (bicyclic) bond motifs is 3. The summed E-state index contributed by atoms with van der Waals surface area (Å²) in [4.78, 5) is 45.0. The summed E-state index contributed by atoms with van der Waals surface area (Å²) in [5.41, 5.74) is 3.42. The molecule has 9 rings (SSSR count). The predicted octanol–water partition coefficient (Wildman–Crippen LogP) is 11.0. The molecule has 1 saturated heterocycles. The number of esters is 1. The molecule has 2 aliphatic heterocycles. The van der Waals surface area contributed by atoms with Crippen LogP contribution in [0, 0.1) is 5.82 Å². The van der Waals surface area contributed by atoms with Crippen LogP contribution in [-0.4, -0.2) is 116 Å². The SMILES string of the molecule is CS(=O)(=O)CCN(Cc1ccc(-c2ccc3ncnc(Nc4ccc(OCc5cccc(F)c5)c(Cl)c4)c3c2)o1)C(=O)CCC(=O)OCCN1CCN(CCCN2c3ccccc3Sc3ccc(C(F)(F)F)cc32)CC1. The van der Waals surface area contributed by atoms with Crippen LogP contribution < -0.4 is 15.0 Å². The summed E-state index contributed by atoms with van der Waals surface area (Å²) >= 11 is 8.04. The minimum Gasteiger partial charge on any atom is -0.487 e. The summed E-state index contributed by atoms with van der Waals surface area (Å²) in [6, 6.07) is 32.0. The number of benzene rings is 5. The number of rotatable bonds is 21. The smallest absolute Gasteiger partial charge is 0.416 e. The van der Waals surface area contributed by atoms with Crippen molar-refractivity contribution in [3.8, 4) is 17.1 Å². The highest BCUT2D eigenvalue weighted by atomic mass is 35.5. The molecule has 1 amide bonds. The molecular formula is C55H54ClF4N7O7S2. The van der Waals surface area contributed by atoms with Crippen LogP contribution in [0.15, 0.2) is 136 Å². The molecule has 0 bridgehead atoms. The number of furan rings is 1. The molecule has 1 N–H and O–H groups in total.